The molecule has 0 spiro atoms. The van der Waals surface area contributed by atoms with Crippen LogP contribution >= 0.6 is 0 Å². The Labute approximate surface area is 165 Å². The van der Waals surface area contributed by atoms with Gasteiger partial charge in [0.25, 0.3) is 11.8 Å². The van der Waals surface area contributed by atoms with Gasteiger partial charge in [-0.3, -0.25) is 19.3 Å². The topological polar surface area (TPSA) is 69.7 Å². The van der Waals surface area contributed by atoms with Crippen molar-refractivity contribution in [3.05, 3.63) is 70.8 Å². The van der Waals surface area contributed by atoms with Crippen molar-refractivity contribution < 1.29 is 14.4 Å². The van der Waals surface area contributed by atoms with Crippen molar-refractivity contribution in [2.45, 2.75) is 19.4 Å². The standard InChI is InChI=1S/C22H25N3O3/c1-4-15-9-11-16(12-10-15)19(24(2)3)13-23-20(26)14-25-21(27)17-7-5-6-8-18(17)22(25)28/h5-12,19H,4,13-14H2,1-3H3,(H,23,26)/t19-/m0/s1. The van der Waals surface area contributed by atoms with Crippen molar-refractivity contribution in [3.8, 4) is 0 Å². The summed E-state index contributed by atoms with van der Waals surface area (Å²) in [7, 11) is 3.91. The maximum Gasteiger partial charge on any atom is 0.262 e. The molecule has 0 aromatic heterocycles. The molecule has 0 bridgehead atoms. The van der Waals surface area contributed by atoms with Crippen molar-refractivity contribution in [2.24, 2.45) is 0 Å². The van der Waals surface area contributed by atoms with Gasteiger partial charge in [0.15, 0.2) is 0 Å². The minimum atomic E-state index is -0.421. The predicted molar refractivity (Wildman–Crippen MR) is 107 cm³/mol. The van der Waals surface area contributed by atoms with Crippen LogP contribution in [0.15, 0.2) is 48.5 Å². The number of aryl methyl sites for hydroxylation is 1. The molecule has 1 aliphatic rings. The summed E-state index contributed by atoms with van der Waals surface area (Å²) in [6.45, 7) is 2.22. The van der Waals surface area contributed by atoms with Gasteiger partial charge in [0, 0.05) is 6.54 Å². The lowest BCUT2D eigenvalue weighted by Gasteiger charge is -2.25. The maximum atomic E-state index is 12.4. The van der Waals surface area contributed by atoms with Crippen molar-refractivity contribution in [2.75, 3.05) is 27.2 Å². The van der Waals surface area contributed by atoms with Gasteiger partial charge in [-0.25, -0.2) is 0 Å². The molecule has 1 heterocycles. The van der Waals surface area contributed by atoms with Crippen LogP contribution in [0.5, 0.6) is 0 Å². The van der Waals surface area contributed by atoms with Gasteiger partial charge >= 0.3 is 0 Å². The van der Waals surface area contributed by atoms with Crippen LogP contribution in [-0.4, -0.2) is 54.7 Å². The molecule has 0 saturated carbocycles. The van der Waals surface area contributed by atoms with Crippen molar-refractivity contribution in [3.63, 3.8) is 0 Å². The van der Waals surface area contributed by atoms with Gasteiger partial charge in [-0.05, 0) is 43.8 Å². The molecule has 2 aromatic rings. The Morgan fingerprint density at radius 3 is 2.07 bits per heavy atom. The van der Waals surface area contributed by atoms with Crippen molar-refractivity contribution >= 4 is 17.7 Å². The molecular weight excluding hydrogens is 354 g/mol. The third-order valence-corrected chi connectivity index (χ3v) is 5.07. The molecule has 1 N–H and O–H groups in total. The Morgan fingerprint density at radius 2 is 1.57 bits per heavy atom. The predicted octanol–water partition coefficient (Wildman–Crippen LogP) is 2.26. The molecule has 146 valence electrons. The van der Waals surface area contributed by atoms with E-state index in [1.165, 1.54) is 5.56 Å². The molecule has 0 radical (unpaired) electrons. The average molecular weight is 379 g/mol. The monoisotopic (exact) mass is 379 g/mol. The van der Waals surface area contributed by atoms with E-state index in [1.807, 2.05) is 19.0 Å². The second-order valence-electron chi connectivity index (χ2n) is 7.12. The van der Waals surface area contributed by atoms with E-state index in [9.17, 15) is 14.4 Å². The van der Waals surface area contributed by atoms with E-state index in [0.717, 1.165) is 16.9 Å². The summed E-state index contributed by atoms with van der Waals surface area (Å²) in [4.78, 5) is 40.2. The Kier molecular flexibility index (Phi) is 5.90. The van der Waals surface area contributed by atoms with Gasteiger partial charge in [0.2, 0.25) is 5.91 Å². The quantitative estimate of drug-likeness (QED) is 0.750. The SMILES string of the molecule is CCc1ccc([C@H](CNC(=O)CN2C(=O)c3ccccc3C2=O)N(C)C)cc1. The van der Waals surface area contributed by atoms with Crippen LogP contribution in [0, 0.1) is 0 Å². The van der Waals surface area contributed by atoms with Crippen LogP contribution < -0.4 is 5.32 Å². The molecule has 6 nitrogen and oxygen atoms in total. The first kappa shape index (κ1) is 19.8. The van der Waals surface area contributed by atoms with E-state index in [0.29, 0.717) is 17.7 Å². The van der Waals surface area contributed by atoms with E-state index in [4.69, 9.17) is 0 Å². The zero-order chi connectivity index (χ0) is 20.3. The van der Waals surface area contributed by atoms with Gasteiger partial charge in [0.05, 0.1) is 17.2 Å². The normalized spacial score (nSPS) is 14.4. The molecule has 1 aliphatic heterocycles. The number of carbonyl (C=O) groups is 3. The smallest absolute Gasteiger partial charge is 0.262 e. The van der Waals surface area contributed by atoms with Gasteiger partial charge in [-0.1, -0.05) is 43.3 Å². The molecule has 0 aliphatic carbocycles. The summed E-state index contributed by atoms with van der Waals surface area (Å²) >= 11 is 0. The van der Waals surface area contributed by atoms with Crippen LogP contribution in [0.4, 0.5) is 0 Å². The first-order chi connectivity index (χ1) is 13.4. The molecule has 0 unspecified atom stereocenters. The van der Waals surface area contributed by atoms with Crippen LogP contribution in [0.1, 0.15) is 44.8 Å². The zero-order valence-corrected chi connectivity index (χ0v) is 16.4. The van der Waals surface area contributed by atoms with Gasteiger partial charge in [-0.15, -0.1) is 0 Å². The number of hydrogen-bond acceptors (Lipinski definition) is 4. The lowest BCUT2D eigenvalue weighted by atomic mass is 10.0. The highest BCUT2D eigenvalue weighted by Crippen LogP contribution is 2.22. The first-order valence-corrected chi connectivity index (χ1v) is 9.39. The average Bonchev–Trinajstić information content (AvgIpc) is 2.93. The van der Waals surface area contributed by atoms with Crippen LogP contribution in [-0.2, 0) is 11.2 Å². The Balaban J connectivity index is 1.62. The number of nitrogens with one attached hydrogen (secondary N) is 1. The van der Waals surface area contributed by atoms with Crippen molar-refractivity contribution in [1.82, 2.24) is 15.1 Å². The van der Waals surface area contributed by atoms with Crippen LogP contribution in [0.2, 0.25) is 0 Å². The molecular formula is C22H25N3O3. The molecule has 3 rings (SSSR count). The lowest BCUT2D eigenvalue weighted by molar-refractivity contribution is -0.121. The maximum absolute atomic E-state index is 12.4. The van der Waals surface area contributed by atoms with E-state index in [2.05, 4.69) is 36.5 Å². The third kappa shape index (κ3) is 3.97. The van der Waals surface area contributed by atoms with Gasteiger partial charge in [-0.2, -0.15) is 0 Å². The number of rotatable bonds is 7. The van der Waals surface area contributed by atoms with Gasteiger partial charge in [0.1, 0.15) is 6.54 Å². The number of hydrogen-bond donors (Lipinski definition) is 1. The van der Waals surface area contributed by atoms with Crippen LogP contribution in [0.3, 0.4) is 0 Å². The molecule has 0 fully saturated rings. The highest BCUT2D eigenvalue weighted by Gasteiger charge is 2.36. The van der Waals surface area contributed by atoms with Crippen molar-refractivity contribution in [1.29, 1.82) is 0 Å². The highest BCUT2D eigenvalue weighted by atomic mass is 16.2. The number of nitrogens with zero attached hydrogens (tertiary/aromatic N) is 2. The second kappa shape index (κ2) is 8.35. The van der Waals surface area contributed by atoms with E-state index in [1.54, 1.807) is 24.3 Å². The number of benzene rings is 2. The fourth-order valence-electron chi connectivity index (χ4n) is 3.37. The first-order valence-electron chi connectivity index (χ1n) is 9.39. The molecule has 6 heteroatoms. The summed E-state index contributed by atoms with van der Waals surface area (Å²) in [6.07, 6.45) is 0.976. The summed E-state index contributed by atoms with van der Waals surface area (Å²) in [5, 5.41) is 2.86. The Bertz CT molecular complexity index is 855. The number of likely N-dealkylation sites (N-methyl/N-ethyl adjacent to an activating group) is 1. The molecule has 3 amide bonds. The summed E-state index contributed by atoms with van der Waals surface area (Å²) in [5.74, 6) is -1.20. The van der Waals surface area contributed by atoms with Crippen LogP contribution in [0.25, 0.3) is 0 Å². The Hall–Kier alpha value is -2.99. The molecule has 2 aromatic carbocycles. The van der Waals surface area contributed by atoms with E-state index >= 15 is 0 Å². The largest absolute Gasteiger partial charge is 0.353 e. The summed E-state index contributed by atoms with van der Waals surface area (Å²) in [5.41, 5.74) is 3.06. The number of carbonyl (C=O) groups excluding carboxylic acids is 3. The second-order valence-corrected chi connectivity index (χ2v) is 7.12. The van der Waals surface area contributed by atoms with E-state index < -0.39 is 11.8 Å². The minimum absolute atomic E-state index is 0.00275. The number of amides is 3. The lowest BCUT2D eigenvalue weighted by Crippen LogP contribution is -2.42. The molecule has 1 atom stereocenters. The third-order valence-electron chi connectivity index (χ3n) is 5.07. The summed E-state index contributed by atoms with van der Waals surface area (Å²) < 4.78 is 0. The fraction of sp³-hybridized carbons (Fsp3) is 0.318. The Morgan fingerprint density at radius 1 is 1.00 bits per heavy atom. The highest BCUT2D eigenvalue weighted by molar-refractivity contribution is 6.22. The molecule has 28 heavy (non-hydrogen) atoms. The number of imide groups is 1. The molecule has 0 saturated heterocycles. The van der Waals surface area contributed by atoms with E-state index in [-0.39, 0.29) is 18.5 Å². The van der Waals surface area contributed by atoms with Gasteiger partial charge < -0.3 is 10.2 Å². The fourth-order valence-corrected chi connectivity index (χ4v) is 3.37. The number of fused-ring (bicyclic) bond motifs is 1. The minimum Gasteiger partial charge on any atom is -0.353 e. The summed E-state index contributed by atoms with van der Waals surface area (Å²) in [6, 6.07) is 14.9. The zero-order valence-electron chi connectivity index (χ0n) is 16.4.